The summed E-state index contributed by atoms with van der Waals surface area (Å²) in [6.07, 6.45) is 0. The van der Waals surface area contributed by atoms with E-state index in [2.05, 4.69) is 4.98 Å². The molecule has 0 fully saturated rings. The molecule has 0 aliphatic heterocycles. The highest BCUT2D eigenvalue weighted by Gasteiger charge is 2.28. The molecule has 0 bridgehead atoms. The van der Waals surface area contributed by atoms with Crippen molar-refractivity contribution in [1.29, 1.82) is 5.26 Å². The molecule has 0 aliphatic rings. The molecule has 0 saturated carbocycles. The Hall–Kier alpha value is -3.21. The molecule has 0 spiro atoms. The van der Waals surface area contributed by atoms with Gasteiger partial charge in [0.15, 0.2) is 6.61 Å². The van der Waals surface area contributed by atoms with E-state index >= 15 is 0 Å². The molecule has 142 valence electrons. The third-order valence-electron chi connectivity index (χ3n) is 4.47. The van der Waals surface area contributed by atoms with Crippen molar-refractivity contribution in [2.24, 2.45) is 0 Å². The number of nitriles is 1. The molecule has 1 heterocycles. The standard InChI is InChI=1S/C19H22N4O4/c1-6-23-15-8-7-13(9-14(15)21-12(2)17(23)25)18(26)27-10-16(24)22(5)19(3,4)11-20/h7-9H,6,10H2,1-5H3. The summed E-state index contributed by atoms with van der Waals surface area (Å²) in [5, 5.41) is 9.07. The molecule has 0 N–H and O–H groups in total. The second-order valence-electron chi connectivity index (χ2n) is 6.65. The van der Waals surface area contributed by atoms with E-state index in [1.807, 2.05) is 13.0 Å². The Morgan fingerprint density at radius 3 is 2.63 bits per heavy atom. The van der Waals surface area contributed by atoms with Gasteiger partial charge in [-0.15, -0.1) is 0 Å². The number of rotatable bonds is 5. The van der Waals surface area contributed by atoms with E-state index in [9.17, 15) is 14.4 Å². The van der Waals surface area contributed by atoms with E-state index in [4.69, 9.17) is 10.00 Å². The average molecular weight is 370 g/mol. The number of hydrogen-bond donors (Lipinski definition) is 0. The molecule has 2 rings (SSSR count). The van der Waals surface area contributed by atoms with Crippen LogP contribution in [0.25, 0.3) is 11.0 Å². The van der Waals surface area contributed by atoms with E-state index in [-0.39, 0.29) is 11.1 Å². The fourth-order valence-corrected chi connectivity index (χ4v) is 2.51. The third kappa shape index (κ3) is 3.97. The summed E-state index contributed by atoms with van der Waals surface area (Å²) in [6, 6.07) is 6.71. The summed E-state index contributed by atoms with van der Waals surface area (Å²) in [6.45, 7) is 6.67. The minimum Gasteiger partial charge on any atom is -0.452 e. The van der Waals surface area contributed by atoms with Crippen molar-refractivity contribution < 1.29 is 14.3 Å². The maximum Gasteiger partial charge on any atom is 0.338 e. The lowest BCUT2D eigenvalue weighted by Gasteiger charge is -2.28. The molecule has 8 heteroatoms. The van der Waals surface area contributed by atoms with E-state index in [0.717, 1.165) is 0 Å². The van der Waals surface area contributed by atoms with E-state index in [0.29, 0.717) is 23.3 Å². The molecule has 1 aromatic heterocycles. The van der Waals surface area contributed by atoms with Gasteiger partial charge in [-0.25, -0.2) is 9.78 Å². The van der Waals surface area contributed by atoms with Crippen molar-refractivity contribution in [2.75, 3.05) is 13.7 Å². The number of likely N-dealkylation sites (N-methyl/N-ethyl adjacent to an activating group) is 1. The topological polar surface area (TPSA) is 105 Å². The molecule has 0 aliphatic carbocycles. The van der Waals surface area contributed by atoms with Crippen LogP contribution in [0.3, 0.4) is 0 Å². The zero-order valence-corrected chi connectivity index (χ0v) is 16.1. The van der Waals surface area contributed by atoms with Crippen LogP contribution >= 0.6 is 0 Å². The number of nitrogens with zero attached hydrogens (tertiary/aromatic N) is 4. The predicted octanol–water partition coefficient (Wildman–Crippen LogP) is 1.64. The first kappa shape index (κ1) is 20.1. The molecular formula is C19H22N4O4. The summed E-state index contributed by atoms with van der Waals surface area (Å²) in [4.78, 5) is 42.0. The Morgan fingerprint density at radius 2 is 2.04 bits per heavy atom. The number of ether oxygens (including phenoxy) is 1. The normalized spacial score (nSPS) is 11.1. The van der Waals surface area contributed by atoms with Crippen LogP contribution < -0.4 is 5.56 Å². The highest BCUT2D eigenvalue weighted by atomic mass is 16.5. The number of fused-ring (bicyclic) bond motifs is 1. The Kier molecular flexibility index (Phi) is 5.64. The Balaban J connectivity index is 2.22. The quantitative estimate of drug-likeness (QED) is 0.741. The number of aromatic nitrogens is 2. The Labute approximate surface area is 157 Å². The van der Waals surface area contributed by atoms with Crippen LogP contribution in [0, 0.1) is 18.3 Å². The second kappa shape index (κ2) is 7.58. The summed E-state index contributed by atoms with van der Waals surface area (Å²) in [7, 11) is 1.48. The van der Waals surface area contributed by atoms with Gasteiger partial charge in [-0.1, -0.05) is 0 Å². The molecular weight excluding hydrogens is 348 g/mol. The molecule has 1 aromatic carbocycles. The molecule has 27 heavy (non-hydrogen) atoms. The molecule has 8 nitrogen and oxygen atoms in total. The molecule has 1 amide bonds. The fourth-order valence-electron chi connectivity index (χ4n) is 2.51. The number of carbonyl (C=O) groups is 2. The minimum atomic E-state index is -1.00. The number of amides is 1. The van der Waals surface area contributed by atoms with Crippen LogP contribution in [0.5, 0.6) is 0 Å². The van der Waals surface area contributed by atoms with E-state index in [1.54, 1.807) is 31.4 Å². The van der Waals surface area contributed by atoms with Crippen molar-refractivity contribution in [3.8, 4) is 6.07 Å². The van der Waals surface area contributed by atoms with Gasteiger partial charge in [-0.3, -0.25) is 9.59 Å². The van der Waals surface area contributed by atoms with Gasteiger partial charge in [0, 0.05) is 13.6 Å². The van der Waals surface area contributed by atoms with E-state index in [1.165, 1.54) is 24.1 Å². The number of benzene rings is 1. The molecule has 2 aromatic rings. The van der Waals surface area contributed by atoms with Crippen LogP contribution in [0.4, 0.5) is 0 Å². The number of carbonyl (C=O) groups excluding carboxylic acids is 2. The predicted molar refractivity (Wildman–Crippen MR) is 99.2 cm³/mol. The number of hydrogen-bond acceptors (Lipinski definition) is 6. The molecule has 0 saturated heterocycles. The van der Waals surface area contributed by atoms with Crippen LogP contribution in [0.15, 0.2) is 23.0 Å². The van der Waals surface area contributed by atoms with Crippen molar-refractivity contribution in [1.82, 2.24) is 14.5 Å². The third-order valence-corrected chi connectivity index (χ3v) is 4.47. The maximum atomic E-state index is 12.3. The summed E-state index contributed by atoms with van der Waals surface area (Å²) < 4.78 is 6.65. The van der Waals surface area contributed by atoms with Crippen LogP contribution in [0.2, 0.25) is 0 Å². The lowest BCUT2D eigenvalue weighted by Crippen LogP contribution is -2.45. The van der Waals surface area contributed by atoms with Crippen molar-refractivity contribution in [3.05, 3.63) is 39.8 Å². The summed E-state index contributed by atoms with van der Waals surface area (Å²) >= 11 is 0. The fraction of sp³-hybridized carbons (Fsp3) is 0.421. The Bertz CT molecular complexity index is 1000. The number of aryl methyl sites for hydroxylation is 2. The highest BCUT2D eigenvalue weighted by molar-refractivity contribution is 5.94. The van der Waals surface area contributed by atoms with Gasteiger partial charge >= 0.3 is 5.97 Å². The molecule has 0 atom stereocenters. The van der Waals surface area contributed by atoms with Gasteiger partial charge in [0.05, 0.1) is 22.7 Å². The first-order chi connectivity index (χ1) is 12.6. The monoisotopic (exact) mass is 370 g/mol. The van der Waals surface area contributed by atoms with Gasteiger partial charge in [-0.2, -0.15) is 5.26 Å². The molecule has 0 unspecified atom stereocenters. The summed E-state index contributed by atoms with van der Waals surface area (Å²) in [5.74, 6) is -1.16. The van der Waals surface area contributed by atoms with Gasteiger partial charge in [0.1, 0.15) is 11.2 Å². The average Bonchev–Trinajstić information content (AvgIpc) is 2.65. The van der Waals surface area contributed by atoms with Crippen LogP contribution in [0.1, 0.15) is 36.8 Å². The van der Waals surface area contributed by atoms with E-state index < -0.39 is 24.0 Å². The van der Waals surface area contributed by atoms with Crippen molar-refractivity contribution >= 4 is 22.9 Å². The van der Waals surface area contributed by atoms with Crippen LogP contribution in [-0.4, -0.2) is 45.5 Å². The highest BCUT2D eigenvalue weighted by Crippen LogP contribution is 2.15. The minimum absolute atomic E-state index is 0.172. The zero-order valence-electron chi connectivity index (χ0n) is 16.1. The largest absolute Gasteiger partial charge is 0.452 e. The first-order valence-electron chi connectivity index (χ1n) is 8.48. The Morgan fingerprint density at radius 1 is 1.37 bits per heavy atom. The number of esters is 1. The van der Waals surface area contributed by atoms with Crippen molar-refractivity contribution in [2.45, 2.75) is 39.8 Å². The smallest absolute Gasteiger partial charge is 0.338 e. The maximum absolute atomic E-state index is 12.3. The summed E-state index contributed by atoms with van der Waals surface area (Å²) in [5.41, 5.74) is 0.511. The van der Waals surface area contributed by atoms with Gasteiger partial charge < -0.3 is 14.2 Å². The van der Waals surface area contributed by atoms with Gasteiger partial charge in [0.25, 0.3) is 11.5 Å². The first-order valence-corrected chi connectivity index (χ1v) is 8.48. The van der Waals surface area contributed by atoms with Crippen LogP contribution in [-0.2, 0) is 16.1 Å². The van der Waals surface area contributed by atoms with Crippen molar-refractivity contribution in [3.63, 3.8) is 0 Å². The van der Waals surface area contributed by atoms with Gasteiger partial charge in [-0.05, 0) is 45.9 Å². The zero-order chi connectivity index (χ0) is 20.4. The second-order valence-corrected chi connectivity index (χ2v) is 6.65. The lowest BCUT2D eigenvalue weighted by atomic mass is 10.1. The van der Waals surface area contributed by atoms with Gasteiger partial charge in [0.2, 0.25) is 0 Å². The molecule has 0 radical (unpaired) electrons. The SMILES string of the molecule is CCn1c(=O)c(C)nc2cc(C(=O)OCC(=O)N(C)C(C)(C)C#N)ccc21. The lowest BCUT2D eigenvalue weighted by molar-refractivity contribution is -0.136.